The van der Waals surface area contributed by atoms with Gasteiger partial charge in [0.2, 0.25) is 0 Å². The fourth-order valence-corrected chi connectivity index (χ4v) is 3.20. The van der Waals surface area contributed by atoms with Gasteiger partial charge < -0.3 is 5.73 Å². The van der Waals surface area contributed by atoms with Gasteiger partial charge in [-0.05, 0) is 46.6 Å². The van der Waals surface area contributed by atoms with E-state index in [1.165, 1.54) is 24.5 Å². The van der Waals surface area contributed by atoms with Crippen LogP contribution in [0.15, 0.2) is 40.0 Å². The lowest BCUT2D eigenvalue weighted by Crippen LogP contribution is -2.21. The summed E-state index contributed by atoms with van der Waals surface area (Å²) < 4.78 is 28.0. The summed E-state index contributed by atoms with van der Waals surface area (Å²) in [6.07, 6.45) is 2.94. The lowest BCUT2D eigenvalue weighted by atomic mass is 10.3. The number of thiocarbonyl (C=S) groups is 1. The zero-order valence-electron chi connectivity index (χ0n) is 10.9. The molecular formula is C12H11BrN4O2S2. The fraction of sp³-hybridized carbons (Fsp3) is 0.0833. The Kier molecular flexibility index (Phi) is 4.55. The van der Waals surface area contributed by atoms with Crippen molar-refractivity contribution in [2.24, 2.45) is 5.73 Å². The lowest BCUT2D eigenvalue weighted by molar-refractivity contribution is 0.600. The van der Waals surface area contributed by atoms with Crippen LogP contribution in [0, 0.1) is 6.92 Å². The molecule has 2 rings (SSSR count). The highest BCUT2D eigenvalue weighted by Gasteiger charge is 2.21. The number of rotatable bonds is 4. The van der Waals surface area contributed by atoms with Crippen LogP contribution in [0.5, 0.6) is 0 Å². The predicted molar refractivity (Wildman–Crippen MR) is 87.6 cm³/mol. The van der Waals surface area contributed by atoms with Gasteiger partial charge >= 0.3 is 0 Å². The molecule has 9 heteroatoms. The maximum atomic E-state index is 12.4. The van der Waals surface area contributed by atoms with E-state index in [-0.39, 0.29) is 21.4 Å². The molecule has 110 valence electrons. The van der Waals surface area contributed by atoms with Crippen molar-refractivity contribution >= 4 is 49.0 Å². The van der Waals surface area contributed by atoms with Gasteiger partial charge in [-0.2, -0.15) is 0 Å². The second-order valence-electron chi connectivity index (χ2n) is 4.14. The molecule has 3 N–H and O–H groups in total. The molecule has 0 saturated carbocycles. The lowest BCUT2D eigenvalue weighted by Gasteiger charge is -2.10. The van der Waals surface area contributed by atoms with Gasteiger partial charge in [0, 0.05) is 16.9 Å². The monoisotopic (exact) mass is 386 g/mol. The predicted octanol–water partition coefficient (Wildman–Crippen LogP) is 1.98. The molecule has 0 fully saturated rings. The van der Waals surface area contributed by atoms with Crippen molar-refractivity contribution in [1.29, 1.82) is 0 Å². The highest BCUT2D eigenvalue weighted by atomic mass is 79.9. The Morgan fingerprint density at radius 3 is 2.76 bits per heavy atom. The standard InChI is InChI=1S/C12H11BrN4O2S2/c1-7-5-10(16-6-8(7)13)17-21(18,19)9-3-2-4-15-11(9)12(14)20/h2-6H,1H3,(H2,14,20)(H,16,17). The summed E-state index contributed by atoms with van der Waals surface area (Å²) in [5.74, 6) is 0.202. The van der Waals surface area contributed by atoms with Gasteiger partial charge in [0.05, 0.1) is 0 Å². The average Bonchev–Trinajstić information content (AvgIpc) is 2.42. The van der Waals surface area contributed by atoms with Gasteiger partial charge in [-0.15, -0.1) is 0 Å². The van der Waals surface area contributed by atoms with Crippen LogP contribution >= 0.6 is 28.1 Å². The number of nitrogens with two attached hydrogens (primary N) is 1. The molecule has 0 aliphatic carbocycles. The van der Waals surface area contributed by atoms with Gasteiger partial charge in [0.15, 0.2) is 0 Å². The summed E-state index contributed by atoms with van der Waals surface area (Å²) in [6, 6.07) is 4.49. The number of nitrogens with zero attached hydrogens (tertiary/aromatic N) is 2. The SMILES string of the molecule is Cc1cc(NS(=O)(=O)c2cccnc2C(N)=S)ncc1Br. The molecule has 2 heterocycles. The highest BCUT2D eigenvalue weighted by molar-refractivity contribution is 9.10. The van der Waals surface area contributed by atoms with E-state index in [0.717, 1.165) is 10.0 Å². The van der Waals surface area contributed by atoms with Crippen LogP contribution in [0.4, 0.5) is 5.82 Å². The molecular weight excluding hydrogens is 376 g/mol. The number of aryl methyl sites for hydroxylation is 1. The van der Waals surface area contributed by atoms with E-state index in [2.05, 4.69) is 30.6 Å². The number of pyridine rings is 2. The van der Waals surface area contributed by atoms with Gasteiger partial charge in [-0.1, -0.05) is 12.2 Å². The smallest absolute Gasteiger partial charge is 0.265 e. The molecule has 0 radical (unpaired) electrons. The molecule has 2 aromatic rings. The highest BCUT2D eigenvalue weighted by Crippen LogP contribution is 2.21. The van der Waals surface area contributed by atoms with Crippen LogP contribution < -0.4 is 10.5 Å². The fourth-order valence-electron chi connectivity index (χ4n) is 1.58. The summed E-state index contributed by atoms with van der Waals surface area (Å²) >= 11 is 8.12. The first kappa shape index (κ1) is 15.8. The number of aromatic nitrogens is 2. The topological polar surface area (TPSA) is 98.0 Å². The van der Waals surface area contributed by atoms with E-state index in [1.807, 2.05) is 6.92 Å². The normalized spacial score (nSPS) is 11.1. The average molecular weight is 387 g/mol. The van der Waals surface area contributed by atoms with Crippen molar-refractivity contribution in [1.82, 2.24) is 9.97 Å². The third-order valence-corrected chi connectivity index (χ3v) is 4.99. The van der Waals surface area contributed by atoms with Crippen LogP contribution in [-0.2, 0) is 10.0 Å². The van der Waals surface area contributed by atoms with Crippen LogP contribution in [0.2, 0.25) is 0 Å². The molecule has 0 aliphatic heterocycles. The molecule has 0 aliphatic rings. The third kappa shape index (κ3) is 3.55. The molecule has 2 aromatic heterocycles. The number of anilines is 1. The Balaban J connectivity index is 2.43. The first-order valence-corrected chi connectivity index (χ1v) is 8.39. The first-order valence-electron chi connectivity index (χ1n) is 5.71. The quantitative estimate of drug-likeness (QED) is 0.779. The molecule has 0 aromatic carbocycles. The molecule has 6 nitrogen and oxygen atoms in total. The van der Waals surface area contributed by atoms with Crippen molar-refractivity contribution in [3.63, 3.8) is 0 Å². The molecule has 0 atom stereocenters. The zero-order valence-corrected chi connectivity index (χ0v) is 14.1. The molecule has 21 heavy (non-hydrogen) atoms. The molecule has 0 bridgehead atoms. The third-order valence-electron chi connectivity index (χ3n) is 2.58. The molecule has 0 saturated heterocycles. The molecule has 0 amide bonds. The molecule has 0 spiro atoms. The number of hydrogen-bond acceptors (Lipinski definition) is 5. The van der Waals surface area contributed by atoms with Gasteiger partial charge in [0.1, 0.15) is 21.4 Å². The number of sulfonamides is 1. The van der Waals surface area contributed by atoms with Crippen LogP contribution in [0.25, 0.3) is 0 Å². The van der Waals surface area contributed by atoms with E-state index >= 15 is 0 Å². The largest absolute Gasteiger partial charge is 0.388 e. The maximum Gasteiger partial charge on any atom is 0.265 e. The Morgan fingerprint density at radius 1 is 1.43 bits per heavy atom. The van der Waals surface area contributed by atoms with Gasteiger partial charge in [0.25, 0.3) is 10.0 Å². The van der Waals surface area contributed by atoms with Crippen LogP contribution in [-0.4, -0.2) is 23.4 Å². The summed E-state index contributed by atoms with van der Waals surface area (Å²) in [7, 11) is -3.88. The Hall–Kier alpha value is -1.58. The van der Waals surface area contributed by atoms with Crippen LogP contribution in [0.3, 0.4) is 0 Å². The molecule has 0 unspecified atom stereocenters. The van der Waals surface area contributed by atoms with E-state index in [1.54, 1.807) is 6.07 Å². The van der Waals surface area contributed by atoms with Crippen LogP contribution in [0.1, 0.15) is 11.3 Å². The van der Waals surface area contributed by atoms with Gasteiger partial charge in [-0.25, -0.2) is 13.4 Å². The minimum Gasteiger partial charge on any atom is -0.388 e. The summed E-state index contributed by atoms with van der Waals surface area (Å²) in [5, 5.41) is 0. The minimum absolute atomic E-state index is 0.0498. The van der Waals surface area contributed by atoms with Gasteiger partial charge in [-0.3, -0.25) is 9.71 Å². The van der Waals surface area contributed by atoms with E-state index < -0.39 is 10.0 Å². The second kappa shape index (κ2) is 6.04. The Morgan fingerprint density at radius 2 is 2.14 bits per heavy atom. The Labute approximate surface area is 136 Å². The Bertz CT molecular complexity index is 809. The van der Waals surface area contributed by atoms with Crippen molar-refractivity contribution < 1.29 is 8.42 Å². The maximum absolute atomic E-state index is 12.4. The number of hydrogen-bond donors (Lipinski definition) is 2. The second-order valence-corrected chi connectivity index (χ2v) is 7.08. The summed E-state index contributed by atoms with van der Waals surface area (Å²) in [5.41, 5.74) is 6.40. The minimum atomic E-state index is -3.88. The van der Waals surface area contributed by atoms with E-state index in [0.29, 0.717) is 0 Å². The van der Waals surface area contributed by atoms with Crippen molar-refractivity contribution in [2.75, 3.05) is 4.72 Å². The van der Waals surface area contributed by atoms with Crippen molar-refractivity contribution in [2.45, 2.75) is 11.8 Å². The number of halogens is 1. The summed E-state index contributed by atoms with van der Waals surface area (Å²) in [6.45, 7) is 1.83. The number of nitrogens with one attached hydrogen (secondary N) is 1. The zero-order chi connectivity index (χ0) is 15.6. The first-order chi connectivity index (χ1) is 9.81. The van der Waals surface area contributed by atoms with Crippen molar-refractivity contribution in [3.05, 3.63) is 46.3 Å². The van der Waals surface area contributed by atoms with E-state index in [4.69, 9.17) is 18.0 Å². The van der Waals surface area contributed by atoms with E-state index in [9.17, 15) is 8.42 Å². The summed E-state index contributed by atoms with van der Waals surface area (Å²) in [4.78, 5) is 7.74. The van der Waals surface area contributed by atoms with Crippen molar-refractivity contribution in [3.8, 4) is 0 Å².